The Kier molecular flexibility index (Phi) is 6.79. The third-order valence-electron chi connectivity index (χ3n) is 10.3. The molecule has 0 aliphatic rings. The molecule has 5 nitrogen and oxygen atoms in total. The Morgan fingerprint density at radius 3 is 1.56 bits per heavy atom. The van der Waals surface area contributed by atoms with Crippen molar-refractivity contribution in [1.82, 2.24) is 15.0 Å². The van der Waals surface area contributed by atoms with Gasteiger partial charge in [-0.05, 0) is 69.4 Å². The van der Waals surface area contributed by atoms with Crippen LogP contribution >= 0.6 is 0 Å². The topological polar surface area (TPSA) is 65.0 Å². The standard InChI is InChI=1S/C49H29N3O2/c1-2-10-30(11-3-1)32-20-22-33(23-21-32)35-26-27-38-44(29-35)54-43-19-9-16-40(46(38)43)49-51-47(36-25-24-31-12-4-5-13-34(31)28-36)50-48(52-49)39-15-8-18-42-45(39)37-14-6-7-17-41(37)53-42/h1-29H. The molecule has 0 radical (unpaired) electrons. The summed E-state index contributed by atoms with van der Waals surface area (Å²) in [6.45, 7) is 0. The zero-order valence-electron chi connectivity index (χ0n) is 28.9. The summed E-state index contributed by atoms with van der Waals surface area (Å²) in [5, 5.41) is 6.24. The molecule has 0 spiro atoms. The van der Waals surface area contributed by atoms with Crippen LogP contribution in [0.5, 0.6) is 0 Å². The summed E-state index contributed by atoms with van der Waals surface area (Å²) in [6.07, 6.45) is 0. The Bertz CT molecular complexity index is 3210. The molecule has 0 amide bonds. The van der Waals surface area contributed by atoms with Crippen LogP contribution in [0.1, 0.15) is 0 Å². The van der Waals surface area contributed by atoms with Gasteiger partial charge in [-0.3, -0.25) is 0 Å². The van der Waals surface area contributed by atoms with Gasteiger partial charge in [0.05, 0.1) is 0 Å². The Balaban J connectivity index is 1.09. The molecule has 3 aromatic heterocycles. The number of para-hydroxylation sites is 1. The first-order valence-electron chi connectivity index (χ1n) is 18.0. The van der Waals surface area contributed by atoms with Crippen molar-refractivity contribution < 1.29 is 8.83 Å². The van der Waals surface area contributed by atoms with Crippen molar-refractivity contribution >= 4 is 54.6 Å². The quantitative estimate of drug-likeness (QED) is 0.180. The average Bonchev–Trinajstić information content (AvgIpc) is 3.82. The van der Waals surface area contributed by atoms with Gasteiger partial charge in [-0.15, -0.1) is 0 Å². The number of fused-ring (bicyclic) bond motifs is 7. The van der Waals surface area contributed by atoms with E-state index in [0.717, 1.165) is 82.5 Å². The van der Waals surface area contributed by atoms with Gasteiger partial charge < -0.3 is 8.83 Å². The van der Waals surface area contributed by atoms with E-state index in [0.29, 0.717) is 17.5 Å². The predicted molar refractivity (Wildman–Crippen MR) is 219 cm³/mol. The minimum Gasteiger partial charge on any atom is -0.456 e. The molecule has 11 aromatic rings. The molecular formula is C49H29N3O2. The summed E-state index contributed by atoms with van der Waals surface area (Å²) in [4.78, 5) is 15.6. The number of aromatic nitrogens is 3. The smallest absolute Gasteiger partial charge is 0.164 e. The number of furan rings is 2. The molecule has 8 aromatic carbocycles. The second-order valence-electron chi connectivity index (χ2n) is 13.6. The fourth-order valence-electron chi connectivity index (χ4n) is 7.71. The summed E-state index contributed by atoms with van der Waals surface area (Å²) < 4.78 is 12.8. The predicted octanol–water partition coefficient (Wildman–Crippen LogP) is 13.2. The molecular weight excluding hydrogens is 663 g/mol. The molecule has 3 heterocycles. The highest BCUT2D eigenvalue weighted by Crippen LogP contribution is 2.40. The van der Waals surface area contributed by atoms with Crippen LogP contribution in [-0.4, -0.2) is 15.0 Å². The van der Waals surface area contributed by atoms with Crippen LogP contribution in [0.2, 0.25) is 0 Å². The molecule has 11 rings (SSSR count). The zero-order chi connectivity index (χ0) is 35.6. The summed E-state index contributed by atoms with van der Waals surface area (Å²) in [6, 6.07) is 60.5. The van der Waals surface area contributed by atoms with Gasteiger partial charge >= 0.3 is 0 Å². The summed E-state index contributed by atoms with van der Waals surface area (Å²) in [5.74, 6) is 1.74. The van der Waals surface area contributed by atoms with Crippen molar-refractivity contribution in [1.29, 1.82) is 0 Å². The molecule has 5 heteroatoms. The van der Waals surface area contributed by atoms with Crippen LogP contribution in [0, 0.1) is 0 Å². The van der Waals surface area contributed by atoms with Gasteiger partial charge in [0, 0.05) is 38.2 Å². The van der Waals surface area contributed by atoms with E-state index in [9.17, 15) is 0 Å². The lowest BCUT2D eigenvalue weighted by Gasteiger charge is -2.10. The molecule has 0 bridgehead atoms. The van der Waals surface area contributed by atoms with E-state index in [2.05, 4.69) is 127 Å². The van der Waals surface area contributed by atoms with E-state index in [1.165, 1.54) is 11.1 Å². The van der Waals surface area contributed by atoms with Gasteiger partial charge in [-0.25, -0.2) is 15.0 Å². The monoisotopic (exact) mass is 691 g/mol. The Hall–Kier alpha value is -7.37. The third-order valence-corrected chi connectivity index (χ3v) is 10.3. The van der Waals surface area contributed by atoms with Gasteiger partial charge in [0.2, 0.25) is 0 Å². The van der Waals surface area contributed by atoms with Crippen LogP contribution in [0.3, 0.4) is 0 Å². The second-order valence-corrected chi connectivity index (χ2v) is 13.6. The van der Waals surface area contributed by atoms with E-state index in [-0.39, 0.29) is 0 Å². The van der Waals surface area contributed by atoms with Crippen LogP contribution < -0.4 is 0 Å². The molecule has 252 valence electrons. The van der Waals surface area contributed by atoms with Gasteiger partial charge in [0.25, 0.3) is 0 Å². The average molecular weight is 692 g/mol. The van der Waals surface area contributed by atoms with Crippen LogP contribution in [0.15, 0.2) is 185 Å². The number of hydrogen-bond acceptors (Lipinski definition) is 5. The summed E-state index contributed by atoms with van der Waals surface area (Å²) in [7, 11) is 0. The first-order valence-corrected chi connectivity index (χ1v) is 18.0. The lowest BCUT2D eigenvalue weighted by Crippen LogP contribution is -2.00. The second kappa shape index (κ2) is 12.1. The maximum atomic E-state index is 6.56. The minimum absolute atomic E-state index is 0.571. The zero-order valence-corrected chi connectivity index (χ0v) is 28.9. The van der Waals surface area contributed by atoms with Gasteiger partial charge in [0.1, 0.15) is 22.3 Å². The third kappa shape index (κ3) is 4.98. The van der Waals surface area contributed by atoms with Crippen molar-refractivity contribution in [3.8, 4) is 56.4 Å². The van der Waals surface area contributed by atoms with Crippen molar-refractivity contribution in [3.63, 3.8) is 0 Å². The molecule has 0 saturated heterocycles. The van der Waals surface area contributed by atoms with E-state index >= 15 is 0 Å². The van der Waals surface area contributed by atoms with Crippen molar-refractivity contribution in [3.05, 3.63) is 176 Å². The van der Waals surface area contributed by atoms with Gasteiger partial charge in [-0.2, -0.15) is 0 Å². The van der Waals surface area contributed by atoms with Crippen LogP contribution in [0.4, 0.5) is 0 Å². The van der Waals surface area contributed by atoms with E-state index in [4.69, 9.17) is 23.8 Å². The molecule has 54 heavy (non-hydrogen) atoms. The molecule has 0 atom stereocenters. The van der Waals surface area contributed by atoms with Crippen LogP contribution in [-0.2, 0) is 0 Å². The lowest BCUT2D eigenvalue weighted by atomic mass is 9.99. The number of benzene rings is 8. The van der Waals surface area contributed by atoms with Crippen molar-refractivity contribution in [2.45, 2.75) is 0 Å². The first-order chi connectivity index (χ1) is 26.7. The highest BCUT2D eigenvalue weighted by molar-refractivity contribution is 6.13. The number of rotatable bonds is 5. The summed E-state index contributed by atoms with van der Waals surface area (Å²) in [5.41, 5.74) is 10.5. The van der Waals surface area contributed by atoms with Gasteiger partial charge in [0.15, 0.2) is 17.5 Å². The van der Waals surface area contributed by atoms with E-state index < -0.39 is 0 Å². The van der Waals surface area contributed by atoms with Crippen LogP contribution in [0.25, 0.3) is 111 Å². The number of nitrogens with zero attached hydrogens (tertiary/aromatic N) is 3. The highest BCUT2D eigenvalue weighted by atomic mass is 16.3. The maximum Gasteiger partial charge on any atom is 0.164 e. The maximum absolute atomic E-state index is 6.56. The highest BCUT2D eigenvalue weighted by Gasteiger charge is 2.21. The molecule has 0 fully saturated rings. The normalized spacial score (nSPS) is 11.7. The minimum atomic E-state index is 0.571. The number of hydrogen-bond donors (Lipinski definition) is 0. The van der Waals surface area contributed by atoms with E-state index in [1.807, 2.05) is 48.5 Å². The molecule has 0 aliphatic heterocycles. The SMILES string of the molecule is c1ccc(-c2ccc(-c3ccc4c(c3)oc3cccc(-c5nc(-c6ccc7ccccc7c6)nc(-c6cccc7oc8ccccc8c67)n5)c34)cc2)cc1. The fraction of sp³-hybridized carbons (Fsp3) is 0. The first kappa shape index (κ1) is 30.3. The Morgan fingerprint density at radius 1 is 0.296 bits per heavy atom. The van der Waals surface area contributed by atoms with E-state index in [1.54, 1.807) is 0 Å². The fourth-order valence-corrected chi connectivity index (χ4v) is 7.71. The summed E-state index contributed by atoms with van der Waals surface area (Å²) >= 11 is 0. The molecule has 0 aliphatic carbocycles. The van der Waals surface area contributed by atoms with Gasteiger partial charge in [-0.1, -0.05) is 140 Å². The molecule has 0 unspecified atom stereocenters. The Morgan fingerprint density at radius 2 is 0.815 bits per heavy atom. The Labute approximate surface area is 309 Å². The lowest BCUT2D eigenvalue weighted by molar-refractivity contribution is 0.668. The largest absolute Gasteiger partial charge is 0.456 e. The molecule has 0 saturated carbocycles. The van der Waals surface area contributed by atoms with Crippen molar-refractivity contribution in [2.75, 3.05) is 0 Å². The van der Waals surface area contributed by atoms with Crippen molar-refractivity contribution in [2.24, 2.45) is 0 Å². The molecule has 0 N–H and O–H groups in total.